The van der Waals surface area contributed by atoms with Gasteiger partial charge in [0.15, 0.2) is 0 Å². The molecule has 3 heteroatoms. The lowest BCUT2D eigenvalue weighted by atomic mass is 10.0. The number of fused-ring (bicyclic) bond motifs is 1. The molecular weight excluding hydrogens is 186 g/mol. The highest BCUT2D eigenvalue weighted by atomic mass is 15.0. The topological polar surface area (TPSA) is 29.9 Å². The van der Waals surface area contributed by atoms with E-state index < -0.39 is 0 Å². The van der Waals surface area contributed by atoms with Crippen LogP contribution in [0.1, 0.15) is 12.0 Å². The standard InChI is InChI=1S/C12H13N3/c1-2-10-3-4-11(8-12(10)14-5-1)15-7-6-13-9-15/h3-4,6-9,14H,1-2,5H2. The first kappa shape index (κ1) is 8.53. The molecule has 76 valence electrons. The summed E-state index contributed by atoms with van der Waals surface area (Å²) >= 11 is 0. The Balaban J connectivity index is 2.04. The minimum atomic E-state index is 1.08. The van der Waals surface area contributed by atoms with Crippen LogP contribution < -0.4 is 5.32 Å². The molecule has 15 heavy (non-hydrogen) atoms. The highest BCUT2D eigenvalue weighted by Gasteiger charge is 2.08. The van der Waals surface area contributed by atoms with Crippen molar-refractivity contribution >= 4 is 5.69 Å². The number of benzene rings is 1. The first-order valence-electron chi connectivity index (χ1n) is 5.28. The molecule has 1 aromatic heterocycles. The Bertz CT molecular complexity index is 460. The van der Waals surface area contributed by atoms with Gasteiger partial charge in [0.05, 0.1) is 6.33 Å². The minimum Gasteiger partial charge on any atom is -0.385 e. The number of anilines is 1. The first-order chi connectivity index (χ1) is 7.43. The summed E-state index contributed by atoms with van der Waals surface area (Å²) < 4.78 is 2.02. The van der Waals surface area contributed by atoms with Gasteiger partial charge in [0.1, 0.15) is 0 Å². The average Bonchev–Trinajstić information content (AvgIpc) is 2.82. The van der Waals surface area contributed by atoms with Crippen molar-refractivity contribution in [3.8, 4) is 5.69 Å². The molecular formula is C12H13N3. The number of hydrogen-bond donors (Lipinski definition) is 1. The molecule has 1 N–H and O–H groups in total. The second-order valence-corrected chi connectivity index (χ2v) is 3.84. The van der Waals surface area contributed by atoms with Crippen LogP contribution in [0, 0.1) is 0 Å². The van der Waals surface area contributed by atoms with E-state index in [0.29, 0.717) is 0 Å². The molecule has 0 saturated carbocycles. The molecule has 0 saturated heterocycles. The maximum Gasteiger partial charge on any atom is 0.0991 e. The maximum absolute atomic E-state index is 4.05. The van der Waals surface area contributed by atoms with Crippen LogP contribution in [-0.2, 0) is 6.42 Å². The van der Waals surface area contributed by atoms with Crippen molar-refractivity contribution in [1.82, 2.24) is 9.55 Å². The molecule has 0 radical (unpaired) electrons. The third-order valence-corrected chi connectivity index (χ3v) is 2.83. The van der Waals surface area contributed by atoms with Gasteiger partial charge in [-0.1, -0.05) is 6.07 Å². The molecule has 0 atom stereocenters. The van der Waals surface area contributed by atoms with Crippen LogP contribution in [0.5, 0.6) is 0 Å². The van der Waals surface area contributed by atoms with Crippen molar-refractivity contribution in [1.29, 1.82) is 0 Å². The lowest BCUT2D eigenvalue weighted by molar-refractivity contribution is 0.829. The Morgan fingerprint density at radius 2 is 2.33 bits per heavy atom. The largest absolute Gasteiger partial charge is 0.385 e. The summed E-state index contributed by atoms with van der Waals surface area (Å²) in [5, 5.41) is 3.43. The van der Waals surface area contributed by atoms with Crippen molar-refractivity contribution in [2.75, 3.05) is 11.9 Å². The summed E-state index contributed by atoms with van der Waals surface area (Å²) in [5.74, 6) is 0. The summed E-state index contributed by atoms with van der Waals surface area (Å²) in [6.45, 7) is 1.08. The zero-order valence-electron chi connectivity index (χ0n) is 8.48. The van der Waals surface area contributed by atoms with Crippen LogP contribution in [0.4, 0.5) is 5.69 Å². The lowest BCUT2D eigenvalue weighted by Gasteiger charge is -2.18. The summed E-state index contributed by atoms with van der Waals surface area (Å²) in [5.41, 5.74) is 3.86. The Labute approximate surface area is 88.8 Å². The van der Waals surface area contributed by atoms with Gasteiger partial charge in [0.25, 0.3) is 0 Å². The third-order valence-electron chi connectivity index (χ3n) is 2.83. The molecule has 3 nitrogen and oxygen atoms in total. The van der Waals surface area contributed by atoms with Gasteiger partial charge in [0, 0.05) is 30.3 Å². The normalized spacial score (nSPS) is 14.4. The van der Waals surface area contributed by atoms with Crippen LogP contribution in [0.15, 0.2) is 36.9 Å². The second kappa shape index (κ2) is 3.42. The molecule has 0 bridgehead atoms. The van der Waals surface area contributed by atoms with E-state index in [1.165, 1.54) is 29.8 Å². The van der Waals surface area contributed by atoms with E-state index in [-0.39, 0.29) is 0 Å². The molecule has 0 spiro atoms. The number of nitrogens with zero attached hydrogens (tertiary/aromatic N) is 2. The van der Waals surface area contributed by atoms with Crippen LogP contribution in [0.3, 0.4) is 0 Å². The van der Waals surface area contributed by atoms with Gasteiger partial charge >= 0.3 is 0 Å². The smallest absolute Gasteiger partial charge is 0.0991 e. The van der Waals surface area contributed by atoms with E-state index >= 15 is 0 Å². The van der Waals surface area contributed by atoms with E-state index in [9.17, 15) is 0 Å². The molecule has 2 aromatic rings. The fourth-order valence-electron chi connectivity index (χ4n) is 2.02. The Morgan fingerprint density at radius 1 is 1.33 bits per heavy atom. The molecule has 0 fully saturated rings. The molecule has 1 aliphatic rings. The zero-order chi connectivity index (χ0) is 10.1. The van der Waals surface area contributed by atoms with Gasteiger partial charge in [-0.05, 0) is 30.5 Å². The zero-order valence-corrected chi connectivity index (χ0v) is 8.48. The van der Waals surface area contributed by atoms with Gasteiger partial charge in [-0.25, -0.2) is 4.98 Å². The monoisotopic (exact) mass is 199 g/mol. The summed E-state index contributed by atoms with van der Waals surface area (Å²) in [4.78, 5) is 4.05. The molecule has 1 aliphatic heterocycles. The number of nitrogens with one attached hydrogen (secondary N) is 1. The number of aromatic nitrogens is 2. The van der Waals surface area contributed by atoms with Gasteiger partial charge in [-0.2, -0.15) is 0 Å². The number of aryl methyl sites for hydroxylation is 1. The predicted octanol–water partition coefficient (Wildman–Crippen LogP) is 2.23. The minimum absolute atomic E-state index is 1.08. The number of hydrogen-bond acceptors (Lipinski definition) is 2. The Morgan fingerprint density at radius 3 is 3.20 bits per heavy atom. The number of rotatable bonds is 1. The van der Waals surface area contributed by atoms with Crippen molar-refractivity contribution in [2.24, 2.45) is 0 Å². The van der Waals surface area contributed by atoms with Crippen LogP contribution in [-0.4, -0.2) is 16.1 Å². The van der Waals surface area contributed by atoms with E-state index in [4.69, 9.17) is 0 Å². The Hall–Kier alpha value is -1.77. The molecule has 2 heterocycles. The first-order valence-corrected chi connectivity index (χ1v) is 5.28. The van der Waals surface area contributed by atoms with Crippen LogP contribution >= 0.6 is 0 Å². The molecule has 0 aliphatic carbocycles. The summed E-state index contributed by atoms with van der Waals surface area (Å²) in [6.07, 6.45) is 8.01. The van der Waals surface area contributed by atoms with Crippen LogP contribution in [0.2, 0.25) is 0 Å². The van der Waals surface area contributed by atoms with E-state index in [2.05, 4.69) is 28.5 Å². The van der Waals surface area contributed by atoms with E-state index in [1.807, 2.05) is 17.1 Å². The van der Waals surface area contributed by atoms with E-state index in [0.717, 1.165) is 6.54 Å². The quantitative estimate of drug-likeness (QED) is 0.763. The second-order valence-electron chi connectivity index (χ2n) is 3.84. The van der Waals surface area contributed by atoms with E-state index in [1.54, 1.807) is 6.20 Å². The SMILES string of the molecule is c1cn(-c2ccc3c(c2)NCCC3)cn1. The fraction of sp³-hybridized carbons (Fsp3) is 0.250. The Kier molecular flexibility index (Phi) is 1.95. The highest BCUT2D eigenvalue weighted by Crippen LogP contribution is 2.24. The molecule has 1 aromatic carbocycles. The van der Waals surface area contributed by atoms with Crippen molar-refractivity contribution < 1.29 is 0 Å². The summed E-state index contributed by atoms with van der Waals surface area (Å²) in [7, 11) is 0. The van der Waals surface area contributed by atoms with Gasteiger partial charge in [0.2, 0.25) is 0 Å². The van der Waals surface area contributed by atoms with Crippen molar-refractivity contribution in [2.45, 2.75) is 12.8 Å². The number of imidazole rings is 1. The van der Waals surface area contributed by atoms with Crippen molar-refractivity contribution in [3.63, 3.8) is 0 Å². The third kappa shape index (κ3) is 1.50. The average molecular weight is 199 g/mol. The molecule has 0 unspecified atom stereocenters. The van der Waals surface area contributed by atoms with Gasteiger partial charge in [-0.15, -0.1) is 0 Å². The lowest BCUT2D eigenvalue weighted by Crippen LogP contribution is -2.11. The van der Waals surface area contributed by atoms with Crippen molar-refractivity contribution in [3.05, 3.63) is 42.5 Å². The van der Waals surface area contributed by atoms with Gasteiger partial charge in [-0.3, -0.25) is 0 Å². The van der Waals surface area contributed by atoms with Gasteiger partial charge < -0.3 is 9.88 Å². The van der Waals surface area contributed by atoms with Crippen LogP contribution in [0.25, 0.3) is 5.69 Å². The molecule has 3 rings (SSSR count). The maximum atomic E-state index is 4.05. The molecule has 0 amide bonds. The highest BCUT2D eigenvalue weighted by molar-refractivity contribution is 5.58. The predicted molar refractivity (Wildman–Crippen MR) is 60.4 cm³/mol. The fourth-order valence-corrected chi connectivity index (χ4v) is 2.02. The summed E-state index contributed by atoms with van der Waals surface area (Å²) in [6, 6.07) is 6.54.